The maximum atomic E-state index is 11.1. The van der Waals surface area contributed by atoms with Crippen molar-refractivity contribution >= 4 is 11.9 Å². The van der Waals surface area contributed by atoms with E-state index >= 15 is 0 Å². The van der Waals surface area contributed by atoms with Crippen LogP contribution in [0.4, 0.5) is 5.95 Å². The van der Waals surface area contributed by atoms with E-state index in [9.17, 15) is 4.79 Å². The predicted octanol–water partition coefficient (Wildman–Crippen LogP) is 2.16. The fourth-order valence-corrected chi connectivity index (χ4v) is 2.69. The van der Waals surface area contributed by atoms with Gasteiger partial charge >= 0.3 is 5.97 Å². The number of fused-ring (bicyclic) bond motifs is 1. The van der Waals surface area contributed by atoms with E-state index in [0.717, 1.165) is 31.0 Å². The van der Waals surface area contributed by atoms with Gasteiger partial charge in [0.15, 0.2) is 0 Å². The van der Waals surface area contributed by atoms with Crippen molar-refractivity contribution in [3.63, 3.8) is 0 Å². The second kappa shape index (κ2) is 5.00. The van der Waals surface area contributed by atoms with Crippen LogP contribution in [0.15, 0.2) is 30.6 Å². The first kappa shape index (κ1) is 12.7. The lowest BCUT2D eigenvalue weighted by Crippen LogP contribution is -2.32. The van der Waals surface area contributed by atoms with E-state index in [0.29, 0.717) is 12.1 Å². The minimum Gasteiger partial charge on any atom is -0.478 e. The van der Waals surface area contributed by atoms with E-state index in [2.05, 4.69) is 21.4 Å². The highest BCUT2D eigenvalue weighted by Crippen LogP contribution is 2.24. The molecule has 0 spiro atoms. The van der Waals surface area contributed by atoms with Gasteiger partial charge in [-0.2, -0.15) is 0 Å². The fraction of sp³-hybridized carbons (Fsp3) is 0.333. The van der Waals surface area contributed by atoms with Gasteiger partial charge in [-0.1, -0.05) is 6.07 Å². The van der Waals surface area contributed by atoms with Crippen molar-refractivity contribution in [1.29, 1.82) is 0 Å². The van der Waals surface area contributed by atoms with Gasteiger partial charge in [0.2, 0.25) is 5.95 Å². The van der Waals surface area contributed by atoms with Gasteiger partial charge in [-0.05, 0) is 36.6 Å². The molecule has 5 heteroatoms. The molecular weight excluding hydrogens is 254 g/mol. The lowest BCUT2D eigenvalue weighted by molar-refractivity contribution is 0.0696. The maximum Gasteiger partial charge on any atom is 0.335 e. The third-order valence-corrected chi connectivity index (χ3v) is 3.78. The van der Waals surface area contributed by atoms with Gasteiger partial charge in [0.1, 0.15) is 0 Å². The zero-order chi connectivity index (χ0) is 14.1. The molecular formula is C15H17N3O2. The predicted molar refractivity (Wildman–Crippen MR) is 76.1 cm³/mol. The van der Waals surface area contributed by atoms with Crippen molar-refractivity contribution < 1.29 is 9.90 Å². The van der Waals surface area contributed by atoms with E-state index in [4.69, 9.17) is 5.11 Å². The van der Waals surface area contributed by atoms with Crippen molar-refractivity contribution in [2.75, 3.05) is 11.4 Å². The first-order chi connectivity index (χ1) is 9.69. The van der Waals surface area contributed by atoms with Gasteiger partial charge in [-0.3, -0.25) is 0 Å². The third kappa shape index (κ3) is 2.15. The number of aromatic nitrogens is 2. The van der Waals surface area contributed by atoms with E-state index in [1.54, 1.807) is 12.1 Å². The van der Waals surface area contributed by atoms with Crippen molar-refractivity contribution in [3.8, 4) is 0 Å². The number of hydrogen-bond donors (Lipinski definition) is 1. The molecule has 1 aromatic carbocycles. The highest BCUT2D eigenvalue weighted by molar-refractivity contribution is 5.88. The van der Waals surface area contributed by atoms with Crippen LogP contribution in [0.25, 0.3) is 0 Å². The van der Waals surface area contributed by atoms with Gasteiger partial charge in [0.25, 0.3) is 0 Å². The minimum atomic E-state index is -0.875. The lowest BCUT2D eigenvalue weighted by atomic mass is 9.97. The lowest BCUT2D eigenvalue weighted by Gasteiger charge is -2.30. The number of imidazole rings is 1. The number of carbonyl (C=O) groups is 1. The fourth-order valence-electron chi connectivity index (χ4n) is 2.69. The van der Waals surface area contributed by atoms with Crippen LogP contribution in [0.3, 0.4) is 0 Å². The van der Waals surface area contributed by atoms with Crippen LogP contribution in [0.1, 0.15) is 28.4 Å². The van der Waals surface area contributed by atoms with Crippen LogP contribution in [0, 0.1) is 0 Å². The van der Waals surface area contributed by atoms with Crippen LogP contribution < -0.4 is 4.90 Å². The summed E-state index contributed by atoms with van der Waals surface area (Å²) >= 11 is 0. The Kier molecular flexibility index (Phi) is 3.18. The molecule has 2 heterocycles. The highest BCUT2D eigenvalue weighted by Gasteiger charge is 2.20. The molecule has 1 N–H and O–H groups in total. The van der Waals surface area contributed by atoms with Gasteiger partial charge in [0.05, 0.1) is 5.56 Å². The Balaban J connectivity index is 1.91. The topological polar surface area (TPSA) is 58.4 Å². The molecule has 0 bridgehead atoms. The molecule has 0 saturated carbocycles. The van der Waals surface area contributed by atoms with Gasteiger partial charge in [-0.15, -0.1) is 0 Å². The largest absolute Gasteiger partial charge is 0.478 e. The number of aromatic carboxylic acids is 1. The average molecular weight is 271 g/mol. The maximum absolute atomic E-state index is 11.1. The summed E-state index contributed by atoms with van der Waals surface area (Å²) in [7, 11) is 0. The number of benzene rings is 1. The Morgan fingerprint density at radius 3 is 3.00 bits per heavy atom. The smallest absolute Gasteiger partial charge is 0.335 e. The molecule has 0 aliphatic carbocycles. The first-order valence-corrected chi connectivity index (χ1v) is 6.80. The second-order valence-corrected chi connectivity index (χ2v) is 4.97. The summed E-state index contributed by atoms with van der Waals surface area (Å²) in [6, 6.07) is 5.40. The third-order valence-electron chi connectivity index (χ3n) is 3.78. The molecule has 0 radical (unpaired) electrons. The normalized spacial score (nSPS) is 14.2. The Labute approximate surface area is 117 Å². The SMILES string of the molecule is CCn1ccnc1N1CCc2ccc(C(=O)O)cc2C1. The van der Waals surface area contributed by atoms with Crippen LogP contribution >= 0.6 is 0 Å². The number of aryl methyl sites for hydroxylation is 1. The monoisotopic (exact) mass is 271 g/mol. The van der Waals surface area contributed by atoms with E-state index in [1.807, 2.05) is 18.5 Å². The van der Waals surface area contributed by atoms with E-state index in [1.165, 1.54) is 5.56 Å². The summed E-state index contributed by atoms with van der Waals surface area (Å²) in [5.74, 6) is 0.0823. The van der Waals surface area contributed by atoms with Gasteiger partial charge < -0.3 is 14.6 Å². The molecule has 0 unspecified atom stereocenters. The Morgan fingerprint density at radius 1 is 1.40 bits per heavy atom. The summed E-state index contributed by atoms with van der Waals surface area (Å²) in [5.41, 5.74) is 2.67. The average Bonchev–Trinajstić information content (AvgIpc) is 2.94. The van der Waals surface area contributed by atoms with E-state index in [-0.39, 0.29) is 0 Å². The van der Waals surface area contributed by atoms with Crippen molar-refractivity contribution in [3.05, 3.63) is 47.3 Å². The van der Waals surface area contributed by atoms with Gasteiger partial charge in [-0.25, -0.2) is 9.78 Å². The van der Waals surface area contributed by atoms with Crippen molar-refractivity contribution in [2.24, 2.45) is 0 Å². The molecule has 0 amide bonds. The molecule has 0 atom stereocenters. The molecule has 104 valence electrons. The van der Waals surface area contributed by atoms with Crippen LogP contribution in [-0.2, 0) is 19.5 Å². The van der Waals surface area contributed by atoms with Gasteiger partial charge in [0, 0.05) is 32.0 Å². The first-order valence-electron chi connectivity index (χ1n) is 6.80. The molecule has 1 aromatic heterocycles. The highest BCUT2D eigenvalue weighted by atomic mass is 16.4. The molecule has 1 aliphatic heterocycles. The summed E-state index contributed by atoms with van der Waals surface area (Å²) in [6.45, 7) is 4.60. The number of rotatable bonds is 3. The number of nitrogens with zero attached hydrogens (tertiary/aromatic N) is 3. The Hall–Kier alpha value is -2.30. The second-order valence-electron chi connectivity index (χ2n) is 4.97. The quantitative estimate of drug-likeness (QED) is 0.929. The molecule has 0 fully saturated rings. The number of hydrogen-bond acceptors (Lipinski definition) is 3. The zero-order valence-electron chi connectivity index (χ0n) is 11.4. The summed E-state index contributed by atoms with van der Waals surface area (Å²) in [6.07, 6.45) is 4.70. The Bertz CT molecular complexity index is 648. The van der Waals surface area contributed by atoms with Crippen molar-refractivity contribution in [1.82, 2.24) is 9.55 Å². The zero-order valence-corrected chi connectivity index (χ0v) is 11.4. The Morgan fingerprint density at radius 2 is 2.25 bits per heavy atom. The molecule has 5 nitrogen and oxygen atoms in total. The summed E-state index contributed by atoms with van der Waals surface area (Å²) < 4.78 is 2.10. The number of carboxylic acids is 1. The van der Waals surface area contributed by atoms with Crippen LogP contribution in [-0.4, -0.2) is 27.2 Å². The van der Waals surface area contributed by atoms with Crippen molar-refractivity contribution in [2.45, 2.75) is 26.4 Å². The molecule has 1 aliphatic rings. The number of anilines is 1. The molecule has 3 rings (SSSR count). The van der Waals surface area contributed by atoms with Crippen LogP contribution in [0.2, 0.25) is 0 Å². The molecule has 2 aromatic rings. The van der Waals surface area contributed by atoms with E-state index < -0.39 is 5.97 Å². The molecule has 0 saturated heterocycles. The standard InChI is InChI=1S/C15H17N3O2/c1-2-17-8-6-16-15(17)18-7-5-11-3-4-12(14(19)20)9-13(11)10-18/h3-4,6,8-9H,2,5,7,10H2,1H3,(H,19,20). The minimum absolute atomic E-state index is 0.351. The van der Waals surface area contributed by atoms with Crippen LogP contribution in [0.5, 0.6) is 0 Å². The molecule has 20 heavy (non-hydrogen) atoms. The summed E-state index contributed by atoms with van der Waals surface area (Å²) in [4.78, 5) is 17.7. The summed E-state index contributed by atoms with van der Waals surface area (Å²) in [5, 5.41) is 9.09. The number of carboxylic acid groups (broad SMARTS) is 1.